The highest BCUT2D eigenvalue weighted by molar-refractivity contribution is 5.75. The topological polar surface area (TPSA) is 134 Å². The molecular formula is C29H42N4O6. The standard InChI is InChI=1S/C28H40N4O4.CH2O2/c1-20(2)13-17-32-24(9-5-10-25(32)33)26(28(34)35)31-16-14-23(19-31)36-18-4-3-8-22-12-11-21-7-6-15-29-27(21)30-22;2-1-3/h5,9-12,20,23,26H,3-4,6-8,13-19H2,1-2H3,(H,29,30)(H,34,35);1H,(H,2,3)/t23-,26?;/m1./s1. The maximum Gasteiger partial charge on any atom is 0.327 e. The molecule has 2 aliphatic heterocycles. The molecule has 3 N–H and O–H groups in total. The highest BCUT2D eigenvalue weighted by Gasteiger charge is 2.35. The van der Waals surface area contributed by atoms with Crippen molar-refractivity contribution in [3.05, 3.63) is 57.6 Å². The van der Waals surface area contributed by atoms with E-state index in [1.54, 1.807) is 16.7 Å². The minimum Gasteiger partial charge on any atom is -0.483 e. The van der Waals surface area contributed by atoms with E-state index in [2.05, 4.69) is 31.3 Å². The van der Waals surface area contributed by atoms with Gasteiger partial charge in [0.25, 0.3) is 12.0 Å². The number of likely N-dealkylation sites (tertiary alicyclic amines) is 1. The Balaban J connectivity index is 0.00000134. The third-order valence-electron chi connectivity index (χ3n) is 7.20. The van der Waals surface area contributed by atoms with Crippen molar-refractivity contribution in [1.82, 2.24) is 14.5 Å². The predicted molar refractivity (Wildman–Crippen MR) is 149 cm³/mol. The van der Waals surface area contributed by atoms with E-state index in [1.807, 2.05) is 4.90 Å². The minimum absolute atomic E-state index is 0.0115. The van der Waals surface area contributed by atoms with Crippen molar-refractivity contribution in [3.8, 4) is 0 Å². The monoisotopic (exact) mass is 542 g/mol. The highest BCUT2D eigenvalue weighted by Crippen LogP contribution is 2.27. The van der Waals surface area contributed by atoms with Crippen LogP contribution in [0.5, 0.6) is 0 Å². The number of nitrogens with zero attached hydrogens (tertiary/aromatic N) is 3. The lowest BCUT2D eigenvalue weighted by Crippen LogP contribution is -2.37. The largest absolute Gasteiger partial charge is 0.483 e. The molecule has 214 valence electrons. The van der Waals surface area contributed by atoms with Gasteiger partial charge in [0.05, 0.1) is 6.10 Å². The third-order valence-corrected chi connectivity index (χ3v) is 7.20. The second kappa shape index (κ2) is 15.4. The number of carbonyl (C=O) groups is 2. The van der Waals surface area contributed by atoms with Gasteiger partial charge in [-0.2, -0.15) is 0 Å². The smallest absolute Gasteiger partial charge is 0.327 e. The summed E-state index contributed by atoms with van der Waals surface area (Å²) in [5.74, 6) is 0.547. The first-order valence-corrected chi connectivity index (χ1v) is 13.9. The van der Waals surface area contributed by atoms with Crippen LogP contribution in [0.3, 0.4) is 0 Å². The molecule has 1 unspecified atom stereocenters. The van der Waals surface area contributed by atoms with Crippen molar-refractivity contribution in [2.24, 2.45) is 5.92 Å². The summed E-state index contributed by atoms with van der Waals surface area (Å²) >= 11 is 0. The fraction of sp³-hybridized carbons (Fsp3) is 0.586. The molecule has 0 amide bonds. The Hall–Kier alpha value is -3.24. The van der Waals surface area contributed by atoms with Crippen LogP contribution in [0.4, 0.5) is 5.82 Å². The number of pyridine rings is 2. The number of rotatable bonds is 12. The van der Waals surface area contributed by atoms with Gasteiger partial charge in [0.15, 0.2) is 0 Å². The first kappa shape index (κ1) is 30.3. The number of aliphatic carboxylic acids is 1. The number of unbranched alkanes of at least 4 members (excludes halogenated alkanes) is 1. The number of carboxylic acids is 1. The van der Waals surface area contributed by atoms with Crippen LogP contribution in [0, 0.1) is 5.92 Å². The van der Waals surface area contributed by atoms with Crippen LogP contribution >= 0.6 is 0 Å². The van der Waals surface area contributed by atoms with Crippen molar-refractivity contribution in [3.63, 3.8) is 0 Å². The molecule has 10 heteroatoms. The van der Waals surface area contributed by atoms with E-state index in [1.165, 1.54) is 18.1 Å². The molecule has 10 nitrogen and oxygen atoms in total. The number of hydrogen-bond donors (Lipinski definition) is 3. The van der Waals surface area contributed by atoms with Crippen LogP contribution in [0.2, 0.25) is 0 Å². The number of anilines is 1. The van der Waals surface area contributed by atoms with Gasteiger partial charge >= 0.3 is 5.97 Å². The first-order chi connectivity index (χ1) is 18.8. The summed E-state index contributed by atoms with van der Waals surface area (Å²) in [7, 11) is 0. The van der Waals surface area contributed by atoms with Crippen molar-refractivity contribution in [2.45, 2.75) is 77.5 Å². The molecule has 0 saturated carbocycles. The summed E-state index contributed by atoms with van der Waals surface area (Å²) in [6, 6.07) is 8.44. The summed E-state index contributed by atoms with van der Waals surface area (Å²) in [6.07, 6.45) is 6.78. The van der Waals surface area contributed by atoms with Gasteiger partial charge in [0.1, 0.15) is 11.9 Å². The van der Waals surface area contributed by atoms with E-state index in [0.717, 1.165) is 56.6 Å². The molecule has 0 aromatic carbocycles. The van der Waals surface area contributed by atoms with Gasteiger partial charge in [0, 0.05) is 50.2 Å². The maximum absolute atomic E-state index is 12.6. The second-order valence-corrected chi connectivity index (χ2v) is 10.5. The van der Waals surface area contributed by atoms with Gasteiger partial charge in [-0.3, -0.25) is 19.3 Å². The SMILES string of the molecule is CC(C)CCn1c(C(C(=O)O)N2CC[C@@H](OCCCCc3ccc4c(n3)NCCC4)C2)cccc1=O.O=CO. The van der Waals surface area contributed by atoms with Crippen LogP contribution in [-0.4, -0.2) is 69.5 Å². The maximum atomic E-state index is 12.6. The van der Waals surface area contributed by atoms with Gasteiger partial charge in [0.2, 0.25) is 0 Å². The van der Waals surface area contributed by atoms with Crippen molar-refractivity contribution >= 4 is 18.3 Å². The average molecular weight is 543 g/mol. The molecule has 2 aromatic heterocycles. The Bertz CT molecular complexity index is 1140. The van der Waals surface area contributed by atoms with Gasteiger partial charge in [-0.25, -0.2) is 4.98 Å². The zero-order valence-corrected chi connectivity index (χ0v) is 23.1. The Morgan fingerprint density at radius 1 is 1.26 bits per heavy atom. The minimum atomic E-state index is -0.924. The average Bonchev–Trinajstić information content (AvgIpc) is 3.36. The lowest BCUT2D eigenvalue weighted by atomic mass is 10.1. The fourth-order valence-electron chi connectivity index (χ4n) is 5.16. The summed E-state index contributed by atoms with van der Waals surface area (Å²) in [4.78, 5) is 39.9. The van der Waals surface area contributed by atoms with E-state index < -0.39 is 12.0 Å². The van der Waals surface area contributed by atoms with Gasteiger partial charge in [-0.1, -0.05) is 26.0 Å². The number of nitrogens with one attached hydrogen (secondary N) is 1. The molecular weight excluding hydrogens is 500 g/mol. The lowest BCUT2D eigenvalue weighted by Gasteiger charge is -2.27. The summed E-state index contributed by atoms with van der Waals surface area (Å²) in [6.45, 7) is 7.34. The molecule has 0 spiro atoms. The molecule has 4 rings (SSSR count). The van der Waals surface area contributed by atoms with Crippen LogP contribution in [0.25, 0.3) is 0 Å². The van der Waals surface area contributed by atoms with Crippen LogP contribution in [0.15, 0.2) is 35.1 Å². The Morgan fingerprint density at radius 2 is 2.05 bits per heavy atom. The number of aromatic nitrogens is 2. The van der Waals surface area contributed by atoms with Gasteiger partial charge in [-0.15, -0.1) is 0 Å². The summed E-state index contributed by atoms with van der Waals surface area (Å²) in [5, 5.41) is 20.4. The van der Waals surface area contributed by atoms with E-state index in [0.29, 0.717) is 37.9 Å². The molecule has 2 aromatic rings. The van der Waals surface area contributed by atoms with Crippen molar-refractivity contribution < 1.29 is 24.5 Å². The van der Waals surface area contributed by atoms with Crippen molar-refractivity contribution in [1.29, 1.82) is 0 Å². The van der Waals surface area contributed by atoms with Crippen LogP contribution in [0.1, 0.15) is 68.9 Å². The molecule has 1 saturated heterocycles. The van der Waals surface area contributed by atoms with Gasteiger partial charge in [-0.05, 0) is 68.6 Å². The third kappa shape index (κ3) is 8.90. The number of hydrogen-bond acceptors (Lipinski definition) is 7. The highest BCUT2D eigenvalue weighted by atomic mass is 16.5. The molecule has 39 heavy (non-hydrogen) atoms. The van der Waals surface area contributed by atoms with Crippen molar-refractivity contribution in [2.75, 3.05) is 31.6 Å². The van der Waals surface area contributed by atoms with Crippen LogP contribution < -0.4 is 10.9 Å². The molecule has 0 radical (unpaired) electrons. The van der Waals surface area contributed by atoms with Gasteiger partial charge < -0.3 is 24.8 Å². The Morgan fingerprint density at radius 3 is 2.79 bits per heavy atom. The molecule has 2 aliphatic rings. The number of ether oxygens (including phenoxy) is 1. The fourth-order valence-corrected chi connectivity index (χ4v) is 5.16. The lowest BCUT2D eigenvalue weighted by molar-refractivity contribution is -0.143. The molecule has 0 bridgehead atoms. The molecule has 1 fully saturated rings. The number of aryl methyl sites for hydroxylation is 2. The molecule has 4 heterocycles. The van der Waals surface area contributed by atoms with E-state index in [4.69, 9.17) is 19.6 Å². The predicted octanol–water partition coefficient (Wildman–Crippen LogP) is 3.59. The summed E-state index contributed by atoms with van der Waals surface area (Å²) < 4.78 is 7.76. The van der Waals surface area contributed by atoms with E-state index in [-0.39, 0.29) is 18.1 Å². The molecule has 0 aliphatic carbocycles. The second-order valence-electron chi connectivity index (χ2n) is 10.5. The summed E-state index contributed by atoms with van der Waals surface area (Å²) in [5.41, 5.74) is 2.84. The number of carboxylic acid groups (broad SMARTS) is 2. The van der Waals surface area contributed by atoms with E-state index in [9.17, 15) is 14.7 Å². The van der Waals surface area contributed by atoms with Crippen LogP contribution in [-0.2, 0) is 33.7 Å². The Kier molecular flexibility index (Phi) is 11.9. The zero-order valence-electron chi connectivity index (χ0n) is 23.1. The first-order valence-electron chi connectivity index (χ1n) is 13.9. The zero-order chi connectivity index (χ0) is 28.2. The van der Waals surface area contributed by atoms with E-state index >= 15 is 0 Å². The quantitative estimate of drug-likeness (QED) is 0.272. The molecule has 2 atom stereocenters. The normalized spacial score (nSPS) is 17.6. The number of fused-ring (bicyclic) bond motifs is 1. The Labute approximate surface area is 230 Å².